The summed E-state index contributed by atoms with van der Waals surface area (Å²) in [6.07, 6.45) is -3.98. The fraction of sp³-hybridized carbons (Fsp3) is 0.257. The summed E-state index contributed by atoms with van der Waals surface area (Å²) >= 11 is 0. The highest BCUT2D eigenvalue weighted by Gasteiger charge is 2.57. The summed E-state index contributed by atoms with van der Waals surface area (Å²) in [5.74, 6) is -0.397. The van der Waals surface area contributed by atoms with Gasteiger partial charge >= 0.3 is 6.18 Å². The van der Waals surface area contributed by atoms with Gasteiger partial charge in [-0.2, -0.15) is 13.2 Å². The Morgan fingerprint density at radius 2 is 1.49 bits per heavy atom. The summed E-state index contributed by atoms with van der Waals surface area (Å²) in [5.41, 5.74) is 0.556. The topological polar surface area (TPSA) is 49.9 Å². The fourth-order valence-electron chi connectivity index (χ4n) is 5.91. The van der Waals surface area contributed by atoms with Gasteiger partial charge < -0.3 is 9.64 Å². The Morgan fingerprint density at radius 3 is 2.14 bits per heavy atom. The third kappa shape index (κ3) is 5.26. The molecule has 0 bridgehead atoms. The van der Waals surface area contributed by atoms with Crippen LogP contribution in [0.1, 0.15) is 49.4 Å². The minimum absolute atomic E-state index is 0.0272. The van der Waals surface area contributed by atoms with Gasteiger partial charge in [-0.25, -0.2) is 0 Å². The van der Waals surface area contributed by atoms with Gasteiger partial charge in [0.1, 0.15) is 12.4 Å². The van der Waals surface area contributed by atoms with E-state index in [-0.39, 0.29) is 24.3 Å². The van der Waals surface area contributed by atoms with Gasteiger partial charge in [-0.15, -0.1) is 0 Å². The Hall–Kier alpha value is -4.59. The molecule has 0 N–H and O–H groups in total. The first-order chi connectivity index (χ1) is 20.7. The number of rotatable bonds is 5. The molecular formula is C35H33F3N2O3. The van der Waals surface area contributed by atoms with Crippen LogP contribution in [0.15, 0.2) is 97.1 Å². The smallest absolute Gasteiger partial charge is 0.416 e. The lowest BCUT2D eigenvalue weighted by Crippen LogP contribution is -2.53. The van der Waals surface area contributed by atoms with E-state index in [2.05, 4.69) is 0 Å². The van der Waals surface area contributed by atoms with E-state index in [0.717, 1.165) is 23.3 Å². The number of benzene rings is 4. The number of carbonyl (C=O) groups is 2. The monoisotopic (exact) mass is 586 g/mol. The number of nitrogens with zero attached hydrogens (tertiary/aromatic N) is 2. The van der Waals surface area contributed by atoms with Crippen molar-refractivity contribution in [2.75, 3.05) is 16.3 Å². The second-order valence-electron chi connectivity index (χ2n) is 10.2. The van der Waals surface area contributed by atoms with E-state index in [0.29, 0.717) is 30.0 Å². The van der Waals surface area contributed by atoms with Crippen molar-refractivity contribution in [2.45, 2.75) is 51.8 Å². The van der Waals surface area contributed by atoms with E-state index in [9.17, 15) is 22.8 Å². The zero-order valence-corrected chi connectivity index (χ0v) is 24.3. The Balaban J connectivity index is 0.00000180. The number of fused-ring (bicyclic) bond motifs is 3. The van der Waals surface area contributed by atoms with Gasteiger partial charge in [0.2, 0.25) is 5.91 Å². The molecule has 0 saturated carbocycles. The highest BCUT2D eigenvalue weighted by Crippen LogP contribution is 2.51. The van der Waals surface area contributed by atoms with E-state index in [1.54, 1.807) is 49.4 Å². The first kappa shape index (κ1) is 29.9. The maximum atomic E-state index is 14.7. The number of amides is 2. The Bertz CT molecular complexity index is 1620. The summed E-state index contributed by atoms with van der Waals surface area (Å²) in [5, 5.41) is 0. The standard InChI is InChI=1S/C33H27F3N2O3.C2H6/c1-2-37-28-16-13-24(33(34,35)36)20-29(28)38(25-11-7-4-8-12-25)31(40)32(30(37)39)18-17-23-19-26(14-15-27(23)32)41-21-22-9-5-3-6-10-22;1-2/h3-16,19-20H,2,17-18,21H2,1H3;1-2H3. The highest BCUT2D eigenvalue weighted by molar-refractivity contribution is 6.27. The van der Waals surface area contributed by atoms with Gasteiger partial charge in [0.15, 0.2) is 5.41 Å². The van der Waals surface area contributed by atoms with Crippen molar-refractivity contribution in [3.8, 4) is 5.75 Å². The van der Waals surface area contributed by atoms with E-state index in [1.165, 1.54) is 15.9 Å². The van der Waals surface area contributed by atoms with Crippen molar-refractivity contribution in [1.82, 2.24) is 0 Å². The molecule has 8 heteroatoms. The Morgan fingerprint density at radius 1 is 0.814 bits per heavy atom. The predicted molar refractivity (Wildman–Crippen MR) is 162 cm³/mol. The fourth-order valence-corrected chi connectivity index (χ4v) is 5.91. The number of alkyl halides is 3. The summed E-state index contributed by atoms with van der Waals surface area (Å²) < 4.78 is 47.5. The van der Waals surface area contributed by atoms with Gasteiger partial charge in [-0.3, -0.25) is 14.5 Å². The van der Waals surface area contributed by atoms with Crippen LogP contribution in [0.2, 0.25) is 0 Å². The number of hydrogen-bond donors (Lipinski definition) is 0. The molecule has 1 aliphatic carbocycles. The van der Waals surface area contributed by atoms with Crippen LogP contribution in [0.3, 0.4) is 0 Å². The lowest BCUT2D eigenvalue weighted by Gasteiger charge is -2.32. The molecule has 43 heavy (non-hydrogen) atoms. The molecule has 5 nitrogen and oxygen atoms in total. The lowest BCUT2D eigenvalue weighted by molar-refractivity contribution is -0.138. The van der Waals surface area contributed by atoms with Crippen LogP contribution in [0.25, 0.3) is 0 Å². The Labute approximate surface area is 249 Å². The van der Waals surface area contributed by atoms with Crippen LogP contribution in [0.5, 0.6) is 5.75 Å². The highest BCUT2D eigenvalue weighted by atomic mass is 19.4. The molecule has 222 valence electrons. The molecule has 1 unspecified atom stereocenters. The summed E-state index contributed by atoms with van der Waals surface area (Å²) in [4.78, 5) is 31.8. The number of ether oxygens (including phenoxy) is 1. The van der Waals surface area contributed by atoms with Gasteiger partial charge in [-0.1, -0.05) is 68.4 Å². The van der Waals surface area contributed by atoms with Gasteiger partial charge in [0.25, 0.3) is 5.91 Å². The molecule has 4 aromatic rings. The van der Waals surface area contributed by atoms with Crippen LogP contribution in [-0.2, 0) is 34.2 Å². The average Bonchev–Trinajstić information content (AvgIpc) is 3.39. The minimum atomic E-state index is -4.62. The molecule has 0 fully saturated rings. The predicted octanol–water partition coefficient (Wildman–Crippen LogP) is 8.23. The van der Waals surface area contributed by atoms with Gasteiger partial charge in [0.05, 0.1) is 16.9 Å². The first-order valence-corrected chi connectivity index (χ1v) is 14.5. The van der Waals surface area contributed by atoms with Crippen LogP contribution in [-0.4, -0.2) is 18.4 Å². The number of para-hydroxylation sites is 1. The van der Waals surface area contributed by atoms with E-state index >= 15 is 0 Å². The molecule has 0 aromatic heterocycles. The normalized spacial score (nSPS) is 17.6. The molecule has 1 heterocycles. The molecule has 6 rings (SSSR count). The van der Waals surface area contributed by atoms with Crippen LogP contribution >= 0.6 is 0 Å². The molecule has 2 amide bonds. The zero-order chi connectivity index (χ0) is 30.8. The molecule has 1 spiro atoms. The van der Waals surface area contributed by atoms with Crippen molar-refractivity contribution in [3.63, 3.8) is 0 Å². The SMILES string of the molecule is CC.CCN1C(=O)C2(CCc3cc(OCc4ccccc4)ccc32)C(=O)N(c2ccccc2)c2cc(C(F)(F)F)ccc21. The van der Waals surface area contributed by atoms with Crippen molar-refractivity contribution >= 4 is 28.9 Å². The minimum Gasteiger partial charge on any atom is -0.489 e. The van der Waals surface area contributed by atoms with Crippen molar-refractivity contribution in [2.24, 2.45) is 0 Å². The van der Waals surface area contributed by atoms with Crippen LogP contribution < -0.4 is 14.5 Å². The third-order valence-electron chi connectivity index (χ3n) is 7.90. The number of aryl methyl sites for hydroxylation is 1. The molecule has 1 aliphatic heterocycles. The lowest BCUT2D eigenvalue weighted by atomic mass is 9.78. The first-order valence-electron chi connectivity index (χ1n) is 14.5. The molecule has 0 radical (unpaired) electrons. The third-order valence-corrected chi connectivity index (χ3v) is 7.90. The molecule has 1 atom stereocenters. The number of anilines is 3. The molecule has 2 aliphatic rings. The van der Waals surface area contributed by atoms with Crippen LogP contribution in [0, 0.1) is 0 Å². The maximum Gasteiger partial charge on any atom is 0.416 e. The van der Waals surface area contributed by atoms with Crippen LogP contribution in [0.4, 0.5) is 30.2 Å². The zero-order valence-electron chi connectivity index (χ0n) is 24.3. The van der Waals surface area contributed by atoms with Gasteiger partial charge in [0, 0.05) is 12.2 Å². The largest absolute Gasteiger partial charge is 0.489 e. The number of likely N-dealkylation sites (N-methyl/N-ethyl adjacent to an activating group) is 1. The van der Waals surface area contributed by atoms with Crippen molar-refractivity contribution < 1.29 is 27.5 Å². The molecule has 4 aromatic carbocycles. The van der Waals surface area contributed by atoms with Crippen molar-refractivity contribution in [1.29, 1.82) is 0 Å². The summed E-state index contributed by atoms with van der Waals surface area (Å²) in [7, 11) is 0. The second kappa shape index (κ2) is 12.0. The summed E-state index contributed by atoms with van der Waals surface area (Å²) in [6, 6.07) is 26.8. The molecular weight excluding hydrogens is 553 g/mol. The second-order valence-corrected chi connectivity index (χ2v) is 10.2. The summed E-state index contributed by atoms with van der Waals surface area (Å²) in [6.45, 7) is 6.30. The number of halogens is 3. The Kier molecular flexibility index (Phi) is 8.31. The van der Waals surface area contributed by atoms with Gasteiger partial charge in [-0.05, 0) is 78.9 Å². The number of carbonyl (C=O) groups excluding carboxylic acids is 2. The average molecular weight is 587 g/mol. The van der Waals surface area contributed by atoms with E-state index in [1.807, 2.05) is 50.2 Å². The van der Waals surface area contributed by atoms with E-state index in [4.69, 9.17) is 4.74 Å². The molecule has 0 saturated heterocycles. The van der Waals surface area contributed by atoms with E-state index < -0.39 is 29.0 Å². The quantitative estimate of drug-likeness (QED) is 0.222. The maximum absolute atomic E-state index is 14.7. The van der Waals surface area contributed by atoms with Crippen molar-refractivity contribution in [3.05, 3.63) is 119 Å². The number of hydrogen-bond acceptors (Lipinski definition) is 3.